The lowest BCUT2D eigenvalue weighted by molar-refractivity contribution is -1.07. The van der Waals surface area contributed by atoms with E-state index >= 15 is 0 Å². The minimum atomic E-state index is 1.06. The highest BCUT2D eigenvalue weighted by Gasteiger charge is 2.45. The van der Waals surface area contributed by atoms with Crippen molar-refractivity contribution in [3.8, 4) is 0 Å². The highest BCUT2D eigenvalue weighted by atomic mass is 32.1. The van der Waals surface area contributed by atoms with Crippen LogP contribution in [0.4, 0.5) is 0 Å². The monoisotopic (exact) mass is 188 g/mol. The molecule has 3 aliphatic heterocycles. The van der Waals surface area contributed by atoms with Crippen LogP contribution in [0.1, 0.15) is 0 Å². The van der Waals surface area contributed by atoms with Crippen LogP contribution < -0.4 is 0 Å². The maximum absolute atomic E-state index is 4.36. The molecule has 3 fully saturated rings. The Labute approximate surface area is 80.7 Å². The quantitative estimate of drug-likeness (QED) is 0.465. The van der Waals surface area contributed by atoms with Crippen LogP contribution >= 0.6 is 12.6 Å². The van der Waals surface area contributed by atoms with E-state index in [4.69, 9.17) is 0 Å². The molecule has 12 heavy (non-hydrogen) atoms. The number of quaternary nitrogens is 2. The van der Waals surface area contributed by atoms with Gasteiger partial charge in [0, 0.05) is 5.75 Å². The average Bonchev–Trinajstić information content (AvgIpc) is 2.08. The van der Waals surface area contributed by atoms with Gasteiger partial charge in [-0.3, -0.25) is 0 Å². The highest BCUT2D eigenvalue weighted by molar-refractivity contribution is 7.80. The van der Waals surface area contributed by atoms with E-state index in [1.807, 2.05) is 0 Å². The lowest BCUT2D eigenvalue weighted by Gasteiger charge is -2.54. The molecule has 0 aromatic carbocycles. The Hall–Kier alpha value is 0.270. The third-order valence-electron chi connectivity index (χ3n) is 3.92. The van der Waals surface area contributed by atoms with Gasteiger partial charge in [0.05, 0.1) is 13.6 Å². The predicted octanol–water partition coefficient (Wildman–Crippen LogP) is 0.207. The van der Waals surface area contributed by atoms with Crippen molar-refractivity contribution in [3.63, 3.8) is 0 Å². The molecular formula is C9H20N2S+2. The molecule has 0 amide bonds. The summed E-state index contributed by atoms with van der Waals surface area (Å²) in [6.07, 6.45) is 0. The summed E-state index contributed by atoms with van der Waals surface area (Å²) >= 11 is 4.36. The molecule has 3 heteroatoms. The van der Waals surface area contributed by atoms with E-state index in [9.17, 15) is 0 Å². The van der Waals surface area contributed by atoms with Crippen molar-refractivity contribution in [1.29, 1.82) is 0 Å². The van der Waals surface area contributed by atoms with E-state index < -0.39 is 0 Å². The Balaban J connectivity index is 2.04. The molecule has 2 bridgehead atoms. The van der Waals surface area contributed by atoms with Crippen LogP contribution in [0.5, 0.6) is 0 Å². The zero-order valence-electron chi connectivity index (χ0n) is 8.00. The van der Waals surface area contributed by atoms with Gasteiger partial charge < -0.3 is 8.97 Å². The summed E-state index contributed by atoms with van der Waals surface area (Å²) in [6.45, 7) is 9.68. The second-order valence-electron chi connectivity index (χ2n) is 4.75. The number of piperazine rings is 3. The predicted molar refractivity (Wildman–Crippen MR) is 54.4 cm³/mol. The summed E-state index contributed by atoms with van der Waals surface area (Å²) < 4.78 is 2.71. The Bertz CT molecular complexity index is 157. The van der Waals surface area contributed by atoms with Gasteiger partial charge in [0.25, 0.3) is 0 Å². The molecule has 0 N–H and O–H groups in total. The van der Waals surface area contributed by atoms with Crippen molar-refractivity contribution in [2.75, 3.05) is 58.6 Å². The van der Waals surface area contributed by atoms with Crippen molar-refractivity contribution in [2.45, 2.75) is 0 Å². The molecule has 0 aromatic heterocycles. The number of likely N-dealkylation sites (N-methyl/N-ethyl adjacent to an activating group) is 1. The number of rotatable bonds is 2. The molecule has 0 aromatic rings. The van der Waals surface area contributed by atoms with Crippen molar-refractivity contribution in [3.05, 3.63) is 0 Å². The maximum atomic E-state index is 4.36. The number of hydrogen-bond donors (Lipinski definition) is 1. The van der Waals surface area contributed by atoms with E-state index in [1.54, 1.807) is 0 Å². The first-order valence-corrected chi connectivity index (χ1v) is 5.61. The fraction of sp³-hybridized carbons (Fsp3) is 1.00. The summed E-state index contributed by atoms with van der Waals surface area (Å²) in [6, 6.07) is 0. The second kappa shape index (κ2) is 2.89. The van der Waals surface area contributed by atoms with Gasteiger partial charge >= 0.3 is 0 Å². The average molecular weight is 188 g/mol. The Kier molecular flexibility index (Phi) is 2.13. The maximum Gasteiger partial charge on any atom is 0.129 e. The molecule has 0 atom stereocenters. The summed E-state index contributed by atoms with van der Waals surface area (Å²) in [5.41, 5.74) is 0. The molecule has 0 radical (unpaired) electrons. The van der Waals surface area contributed by atoms with Crippen LogP contribution in [0, 0.1) is 0 Å². The SMILES string of the molecule is C[N+]12CC[N+](CCS)(CC1)CC2. The van der Waals surface area contributed by atoms with Gasteiger partial charge in [0.15, 0.2) is 0 Å². The fourth-order valence-corrected chi connectivity index (χ4v) is 3.00. The van der Waals surface area contributed by atoms with Crippen molar-refractivity contribution >= 4 is 12.6 Å². The third-order valence-corrected chi connectivity index (χ3v) is 4.12. The Morgan fingerprint density at radius 3 is 1.92 bits per heavy atom. The van der Waals surface area contributed by atoms with E-state index in [0.717, 1.165) is 5.75 Å². The van der Waals surface area contributed by atoms with Crippen LogP contribution in [0.15, 0.2) is 0 Å². The van der Waals surface area contributed by atoms with E-state index in [1.165, 1.54) is 54.8 Å². The normalized spacial score (nSPS) is 46.5. The first kappa shape index (κ1) is 8.85. The molecule has 3 rings (SSSR count). The minimum absolute atomic E-state index is 1.06. The third kappa shape index (κ3) is 1.38. The highest BCUT2D eigenvalue weighted by Crippen LogP contribution is 2.24. The Morgan fingerprint density at radius 1 is 1.00 bits per heavy atom. The number of nitrogens with zero attached hydrogens (tertiary/aromatic N) is 2. The van der Waals surface area contributed by atoms with Crippen LogP contribution in [0.2, 0.25) is 0 Å². The van der Waals surface area contributed by atoms with Crippen LogP contribution in [0.25, 0.3) is 0 Å². The van der Waals surface area contributed by atoms with Gasteiger partial charge in [-0.15, -0.1) is 0 Å². The zero-order chi connectivity index (χ0) is 8.66. The molecule has 0 aliphatic carbocycles. The summed E-state index contributed by atoms with van der Waals surface area (Å²) in [4.78, 5) is 0. The number of hydrogen-bond acceptors (Lipinski definition) is 1. The second-order valence-corrected chi connectivity index (χ2v) is 5.20. The smallest absolute Gasteiger partial charge is 0.129 e. The van der Waals surface area contributed by atoms with Gasteiger partial charge in [-0.1, -0.05) is 0 Å². The van der Waals surface area contributed by atoms with E-state index in [2.05, 4.69) is 19.7 Å². The van der Waals surface area contributed by atoms with Gasteiger partial charge in [-0.2, -0.15) is 12.6 Å². The van der Waals surface area contributed by atoms with Crippen LogP contribution in [0.3, 0.4) is 0 Å². The lowest BCUT2D eigenvalue weighted by atomic mass is 10.1. The van der Waals surface area contributed by atoms with Gasteiger partial charge in [-0.05, 0) is 0 Å². The molecule has 0 saturated carbocycles. The van der Waals surface area contributed by atoms with Crippen molar-refractivity contribution in [2.24, 2.45) is 0 Å². The van der Waals surface area contributed by atoms with Crippen LogP contribution in [-0.2, 0) is 0 Å². The first-order valence-electron chi connectivity index (χ1n) is 4.98. The van der Waals surface area contributed by atoms with E-state index in [0.29, 0.717) is 0 Å². The molecule has 3 aliphatic rings. The summed E-state index contributed by atoms with van der Waals surface area (Å²) in [5, 5.41) is 0. The zero-order valence-corrected chi connectivity index (χ0v) is 8.89. The molecule has 3 heterocycles. The molecule has 0 unspecified atom stereocenters. The number of thiol groups is 1. The van der Waals surface area contributed by atoms with Crippen molar-refractivity contribution in [1.82, 2.24) is 0 Å². The summed E-state index contributed by atoms with van der Waals surface area (Å²) in [7, 11) is 2.41. The molecular weight excluding hydrogens is 168 g/mol. The van der Waals surface area contributed by atoms with Crippen molar-refractivity contribution < 1.29 is 8.97 Å². The topological polar surface area (TPSA) is 0 Å². The first-order chi connectivity index (χ1) is 5.68. The molecule has 2 nitrogen and oxygen atoms in total. The number of fused-ring (bicyclic) bond motifs is 3. The molecule has 3 saturated heterocycles. The van der Waals surface area contributed by atoms with Gasteiger partial charge in [0.1, 0.15) is 39.3 Å². The van der Waals surface area contributed by atoms with E-state index in [-0.39, 0.29) is 0 Å². The minimum Gasteiger partial charge on any atom is -0.312 e. The fourth-order valence-electron chi connectivity index (χ4n) is 2.58. The Morgan fingerprint density at radius 2 is 1.50 bits per heavy atom. The standard InChI is InChI=1S/C9H19N2S/c1-10-2-5-11(6-3-10,7-4-10)8-9-12/h2-9H2,1H3/q+1/p+1. The summed E-state index contributed by atoms with van der Waals surface area (Å²) in [5.74, 6) is 1.06. The van der Waals surface area contributed by atoms with Gasteiger partial charge in [0.2, 0.25) is 0 Å². The molecule has 70 valence electrons. The van der Waals surface area contributed by atoms with Gasteiger partial charge in [-0.25, -0.2) is 0 Å². The lowest BCUT2D eigenvalue weighted by Crippen LogP contribution is -2.73. The van der Waals surface area contributed by atoms with Crippen LogP contribution in [-0.4, -0.2) is 67.6 Å². The largest absolute Gasteiger partial charge is 0.312 e. The molecule has 0 spiro atoms.